The minimum absolute atomic E-state index is 0.0275. The summed E-state index contributed by atoms with van der Waals surface area (Å²) in [6.07, 6.45) is 0.802. The monoisotopic (exact) mass is 370 g/mol. The third-order valence-electron chi connectivity index (χ3n) is 4.17. The first-order valence-electron chi connectivity index (χ1n) is 8.23. The lowest BCUT2D eigenvalue weighted by molar-refractivity contribution is -0.119. The van der Waals surface area contributed by atoms with Crippen LogP contribution in [0.5, 0.6) is 5.75 Å². The van der Waals surface area contributed by atoms with Crippen LogP contribution in [0, 0.1) is 0 Å². The maximum Gasteiger partial charge on any atom is 0.230 e. The van der Waals surface area contributed by atoms with Crippen LogP contribution in [0.4, 0.5) is 5.69 Å². The average molecular weight is 370 g/mol. The Balaban J connectivity index is 1.36. The summed E-state index contributed by atoms with van der Waals surface area (Å²) < 4.78 is 6.60. The Bertz CT molecular complexity index is 823. The molecule has 1 atom stereocenters. The number of rotatable bonds is 3. The van der Waals surface area contributed by atoms with Crippen molar-refractivity contribution in [2.45, 2.75) is 18.2 Å². The summed E-state index contributed by atoms with van der Waals surface area (Å²) >= 11 is 3.20. The van der Waals surface area contributed by atoms with Crippen molar-refractivity contribution in [1.82, 2.24) is 5.32 Å². The molecular formula is C19H18N2O2S2. The highest BCUT2D eigenvalue weighted by Gasteiger charge is 2.23. The number of benzene rings is 2. The van der Waals surface area contributed by atoms with Gasteiger partial charge in [0, 0.05) is 17.7 Å². The van der Waals surface area contributed by atoms with E-state index >= 15 is 0 Å². The molecule has 0 aliphatic carbocycles. The molecular weight excluding hydrogens is 352 g/mol. The maximum absolute atomic E-state index is 12.4. The zero-order valence-electron chi connectivity index (χ0n) is 13.6. The molecule has 25 heavy (non-hydrogen) atoms. The van der Waals surface area contributed by atoms with Crippen LogP contribution in [0.2, 0.25) is 0 Å². The Morgan fingerprint density at radius 2 is 2.08 bits per heavy atom. The minimum Gasteiger partial charge on any atom is -0.493 e. The van der Waals surface area contributed by atoms with E-state index in [0.717, 1.165) is 33.5 Å². The van der Waals surface area contributed by atoms with Crippen molar-refractivity contribution in [2.24, 2.45) is 4.99 Å². The quantitative estimate of drug-likeness (QED) is 0.875. The molecule has 0 radical (unpaired) electrons. The van der Waals surface area contributed by atoms with Crippen LogP contribution >= 0.6 is 23.5 Å². The van der Waals surface area contributed by atoms with Crippen LogP contribution < -0.4 is 10.1 Å². The highest BCUT2D eigenvalue weighted by atomic mass is 32.2. The number of aliphatic imine (C=N–C) groups is 1. The average Bonchev–Trinajstić information content (AvgIpc) is 2.66. The van der Waals surface area contributed by atoms with Crippen LogP contribution in [0.15, 0.2) is 53.5 Å². The number of nitrogens with one attached hydrogen (secondary N) is 1. The number of nitrogens with zero attached hydrogens (tertiary/aromatic N) is 1. The summed E-state index contributed by atoms with van der Waals surface area (Å²) in [5.41, 5.74) is 3.33. The van der Waals surface area contributed by atoms with E-state index in [-0.39, 0.29) is 11.9 Å². The van der Waals surface area contributed by atoms with Gasteiger partial charge in [-0.25, -0.2) is 4.99 Å². The van der Waals surface area contributed by atoms with Gasteiger partial charge in [-0.3, -0.25) is 4.79 Å². The zero-order valence-corrected chi connectivity index (χ0v) is 15.2. The van der Waals surface area contributed by atoms with Gasteiger partial charge in [-0.2, -0.15) is 0 Å². The number of amides is 1. The molecule has 2 aliphatic heterocycles. The number of para-hydroxylation sites is 2. The van der Waals surface area contributed by atoms with Crippen molar-refractivity contribution < 1.29 is 9.53 Å². The van der Waals surface area contributed by atoms with Crippen molar-refractivity contribution in [2.75, 3.05) is 12.4 Å². The van der Waals surface area contributed by atoms with Crippen molar-refractivity contribution in [3.8, 4) is 5.75 Å². The number of carbonyl (C=O) groups is 1. The van der Waals surface area contributed by atoms with Gasteiger partial charge in [-0.05, 0) is 17.7 Å². The lowest BCUT2D eigenvalue weighted by Gasteiger charge is -2.26. The van der Waals surface area contributed by atoms with E-state index in [9.17, 15) is 4.79 Å². The third-order valence-corrected chi connectivity index (χ3v) is 6.42. The van der Waals surface area contributed by atoms with Gasteiger partial charge in [0.2, 0.25) is 5.91 Å². The Kier molecular flexibility index (Phi) is 4.99. The number of carbonyl (C=O) groups excluding carboxylic acids is 1. The maximum atomic E-state index is 12.4. The predicted octanol–water partition coefficient (Wildman–Crippen LogP) is 4.29. The van der Waals surface area contributed by atoms with Crippen LogP contribution in [0.3, 0.4) is 0 Å². The summed E-state index contributed by atoms with van der Waals surface area (Å²) in [7, 11) is 0. The Morgan fingerprint density at radius 1 is 1.24 bits per heavy atom. The Labute approximate surface area is 155 Å². The van der Waals surface area contributed by atoms with Crippen molar-refractivity contribution in [3.63, 3.8) is 0 Å². The second-order valence-electron chi connectivity index (χ2n) is 5.88. The molecule has 128 valence electrons. The first-order valence-corrected chi connectivity index (χ1v) is 10.2. The van der Waals surface area contributed by atoms with Gasteiger partial charge in [0.15, 0.2) is 0 Å². The molecule has 0 aromatic heterocycles. The van der Waals surface area contributed by atoms with Gasteiger partial charge < -0.3 is 10.1 Å². The largest absolute Gasteiger partial charge is 0.493 e. The molecule has 2 aliphatic rings. The smallest absolute Gasteiger partial charge is 0.230 e. The van der Waals surface area contributed by atoms with E-state index in [4.69, 9.17) is 4.74 Å². The van der Waals surface area contributed by atoms with Gasteiger partial charge in [0.25, 0.3) is 0 Å². The highest BCUT2D eigenvalue weighted by Crippen LogP contribution is 2.35. The fourth-order valence-corrected chi connectivity index (χ4v) is 4.81. The van der Waals surface area contributed by atoms with E-state index in [1.807, 2.05) is 42.5 Å². The molecule has 4 nitrogen and oxygen atoms in total. The van der Waals surface area contributed by atoms with E-state index in [0.29, 0.717) is 12.4 Å². The second kappa shape index (κ2) is 7.54. The fourth-order valence-electron chi connectivity index (χ4n) is 2.94. The van der Waals surface area contributed by atoms with Gasteiger partial charge in [-0.15, -0.1) is 0 Å². The van der Waals surface area contributed by atoms with Crippen LogP contribution in [-0.2, 0) is 10.5 Å². The van der Waals surface area contributed by atoms with Gasteiger partial charge in [0.1, 0.15) is 10.1 Å². The Morgan fingerprint density at radius 3 is 3.04 bits per heavy atom. The molecule has 1 amide bonds. The van der Waals surface area contributed by atoms with Gasteiger partial charge in [0.05, 0.1) is 24.1 Å². The number of hydrogen-bond acceptors (Lipinski definition) is 5. The molecule has 0 unspecified atom stereocenters. The van der Waals surface area contributed by atoms with E-state index < -0.39 is 0 Å². The zero-order chi connectivity index (χ0) is 17.1. The molecule has 0 fully saturated rings. The van der Waals surface area contributed by atoms with Crippen LogP contribution in [0.1, 0.15) is 23.6 Å². The first kappa shape index (κ1) is 16.5. The summed E-state index contributed by atoms with van der Waals surface area (Å²) in [6.45, 7) is 0.633. The number of thioether (sulfide) groups is 2. The summed E-state index contributed by atoms with van der Waals surface area (Å²) in [4.78, 5) is 17.0. The molecule has 2 aromatic carbocycles. The highest BCUT2D eigenvalue weighted by molar-refractivity contribution is 8.38. The lowest BCUT2D eigenvalue weighted by Crippen LogP contribution is -2.33. The number of ether oxygens (including phenoxy) is 1. The first-order chi connectivity index (χ1) is 12.3. The lowest BCUT2D eigenvalue weighted by atomic mass is 10.0. The molecule has 0 saturated heterocycles. The van der Waals surface area contributed by atoms with Gasteiger partial charge in [-0.1, -0.05) is 59.9 Å². The normalized spacial score (nSPS) is 18.4. The number of fused-ring (bicyclic) bond motifs is 2. The van der Waals surface area contributed by atoms with E-state index in [2.05, 4.69) is 16.4 Å². The molecule has 1 N–H and O–H groups in total. The molecule has 4 rings (SSSR count). The molecule has 2 heterocycles. The topological polar surface area (TPSA) is 50.7 Å². The molecule has 0 spiro atoms. The molecule has 0 saturated carbocycles. The second-order valence-corrected chi connectivity index (χ2v) is 8.07. The van der Waals surface area contributed by atoms with Crippen LogP contribution in [-0.4, -0.2) is 22.6 Å². The number of hydrogen-bond donors (Lipinski definition) is 1. The summed E-state index contributed by atoms with van der Waals surface area (Å²) in [6, 6.07) is 16.1. The minimum atomic E-state index is 0.0275. The van der Waals surface area contributed by atoms with Crippen LogP contribution in [0.25, 0.3) is 0 Å². The molecule has 0 bridgehead atoms. The Hall–Kier alpha value is -1.92. The third kappa shape index (κ3) is 3.85. The van der Waals surface area contributed by atoms with E-state index in [1.54, 1.807) is 11.8 Å². The standard InChI is InChI=1S/C19H18N2O2S2/c22-18(20-16-9-10-23-17-8-4-2-6-14(16)17)12-25-19-21-15-7-3-1-5-13(15)11-24-19/h1-8,16H,9-12H2,(H,20,22)/t16-/m0/s1. The molecule has 2 aromatic rings. The summed E-state index contributed by atoms with van der Waals surface area (Å²) in [5.74, 6) is 2.20. The SMILES string of the molecule is O=C(CSC1=Nc2ccccc2CS1)N[C@H]1CCOc2ccccc21. The summed E-state index contributed by atoms with van der Waals surface area (Å²) in [5, 5.41) is 3.13. The van der Waals surface area contributed by atoms with Crippen molar-refractivity contribution in [3.05, 3.63) is 59.7 Å². The fraction of sp³-hybridized carbons (Fsp3) is 0.263. The van der Waals surface area contributed by atoms with E-state index in [1.165, 1.54) is 17.3 Å². The van der Waals surface area contributed by atoms with Crippen molar-refractivity contribution in [1.29, 1.82) is 0 Å². The molecule has 6 heteroatoms. The predicted molar refractivity (Wildman–Crippen MR) is 105 cm³/mol. The van der Waals surface area contributed by atoms with Gasteiger partial charge >= 0.3 is 0 Å². The van der Waals surface area contributed by atoms with Crippen molar-refractivity contribution >= 4 is 39.5 Å².